The Morgan fingerprint density at radius 1 is 1.20 bits per heavy atom. The standard InChI is InChI=1S/C22H30N4O4/c1-3-23-16-6-4-5-7-17(16)25(2)13-8-9-14-15(12-13)22(30)26(21(14)29)18-10-11-19(27)24-20(18)28/h8-9,12,16-18,22-23,30H,3-7,10-11H2,1-2H3,(H,24,27,28)/t16-,17-,18?,22?/m0/s1. The van der Waals surface area contributed by atoms with Crippen molar-refractivity contribution in [3.05, 3.63) is 29.3 Å². The first-order valence-electron chi connectivity index (χ1n) is 10.9. The number of piperidine rings is 1. The Morgan fingerprint density at radius 3 is 2.70 bits per heavy atom. The van der Waals surface area contributed by atoms with Crippen LogP contribution in [0.15, 0.2) is 18.2 Å². The smallest absolute Gasteiger partial charge is 0.257 e. The Labute approximate surface area is 176 Å². The highest BCUT2D eigenvalue weighted by Crippen LogP contribution is 2.38. The summed E-state index contributed by atoms with van der Waals surface area (Å²) >= 11 is 0. The lowest BCUT2D eigenvalue weighted by atomic mass is 9.89. The second kappa shape index (κ2) is 8.35. The highest BCUT2D eigenvalue weighted by atomic mass is 16.3. The molecule has 2 unspecified atom stereocenters. The SMILES string of the molecule is CCN[C@H]1CCCC[C@@H]1N(C)c1ccc2c(c1)C(O)N(C1CCC(=O)NC1=O)C2=O. The summed E-state index contributed by atoms with van der Waals surface area (Å²) in [6.07, 6.45) is 3.83. The van der Waals surface area contributed by atoms with Crippen LogP contribution in [0.2, 0.25) is 0 Å². The highest BCUT2D eigenvalue weighted by molar-refractivity contribution is 6.05. The molecule has 4 rings (SSSR count). The van der Waals surface area contributed by atoms with Crippen LogP contribution in [0.5, 0.6) is 0 Å². The summed E-state index contributed by atoms with van der Waals surface area (Å²) in [5.74, 6) is -1.24. The molecule has 0 radical (unpaired) electrons. The van der Waals surface area contributed by atoms with E-state index in [1.165, 1.54) is 17.7 Å². The largest absolute Gasteiger partial charge is 0.370 e. The van der Waals surface area contributed by atoms with Crippen molar-refractivity contribution < 1.29 is 19.5 Å². The molecule has 3 N–H and O–H groups in total. The molecule has 2 heterocycles. The minimum absolute atomic E-state index is 0.157. The van der Waals surface area contributed by atoms with Gasteiger partial charge in [0, 0.05) is 42.4 Å². The summed E-state index contributed by atoms with van der Waals surface area (Å²) in [6.45, 7) is 3.04. The first-order chi connectivity index (χ1) is 14.4. The van der Waals surface area contributed by atoms with E-state index in [4.69, 9.17) is 0 Å². The summed E-state index contributed by atoms with van der Waals surface area (Å²) < 4.78 is 0. The fraction of sp³-hybridized carbons (Fsp3) is 0.591. The highest BCUT2D eigenvalue weighted by Gasteiger charge is 2.44. The van der Waals surface area contributed by atoms with E-state index in [1.807, 2.05) is 12.1 Å². The van der Waals surface area contributed by atoms with E-state index in [0.29, 0.717) is 23.2 Å². The average Bonchev–Trinajstić information content (AvgIpc) is 2.98. The number of aliphatic hydroxyl groups excluding tert-OH is 1. The molecule has 2 fully saturated rings. The summed E-state index contributed by atoms with van der Waals surface area (Å²) in [6, 6.07) is 5.43. The zero-order chi connectivity index (χ0) is 21.4. The van der Waals surface area contributed by atoms with Gasteiger partial charge < -0.3 is 15.3 Å². The van der Waals surface area contributed by atoms with Crippen molar-refractivity contribution in [1.82, 2.24) is 15.5 Å². The molecule has 0 aromatic heterocycles. The molecular formula is C22H30N4O4. The normalized spacial score (nSPS) is 29.0. The van der Waals surface area contributed by atoms with Crippen LogP contribution in [0.3, 0.4) is 0 Å². The van der Waals surface area contributed by atoms with Crippen molar-refractivity contribution in [2.75, 3.05) is 18.5 Å². The summed E-state index contributed by atoms with van der Waals surface area (Å²) in [5.41, 5.74) is 1.88. The van der Waals surface area contributed by atoms with Gasteiger partial charge in [0.1, 0.15) is 6.04 Å². The van der Waals surface area contributed by atoms with Gasteiger partial charge in [-0.1, -0.05) is 19.8 Å². The number of hydrogen-bond acceptors (Lipinski definition) is 6. The topological polar surface area (TPSA) is 102 Å². The molecule has 3 amide bonds. The van der Waals surface area contributed by atoms with Gasteiger partial charge in [0.2, 0.25) is 11.8 Å². The zero-order valence-electron chi connectivity index (χ0n) is 17.6. The van der Waals surface area contributed by atoms with Crippen molar-refractivity contribution >= 4 is 23.4 Å². The van der Waals surface area contributed by atoms with Crippen LogP contribution in [0.4, 0.5) is 5.69 Å². The maximum absolute atomic E-state index is 12.9. The Hall–Kier alpha value is -2.45. The number of carbonyl (C=O) groups excluding carboxylic acids is 3. The second-order valence-electron chi connectivity index (χ2n) is 8.45. The molecule has 8 heteroatoms. The van der Waals surface area contributed by atoms with Gasteiger partial charge >= 0.3 is 0 Å². The summed E-state index contributed by atoms with van der Waals surface area (Å²) in [5, 5.41) is 16.8. The summed E-state index contributed by atoms with van der Waals surface area (Å²) in [4.78, 5) is 40.1. The molecule has 1 saturated heterocycles. The first kappa shape index (κ1) is 20.8. The number of rotatable bonds is 5. The van der Waals surface area contributed by atoms with E-state index < -0.39 is 18.2 Å². The van der Waals surface area contributed by atoms with Gasteiger partial charge in [0.25, 0.3) is 5.91 Å². The number of nitrogens with zero attached hydrogens (tertiary/aromatic N) is 2. The van der Waals surface area contributed by atoms with Gasteiger partial charge in [-0.3, -0.25) is 24.6 Å². The molecule has 1 aromatic rings. The lowest BCUT2D eigenvalue weighted by Gasteiger charge is -2.40. The van der Waals surface area contributed by atoms with Crippen molar-refractivity contribution in [2.45, 2.75) is 69.8 Å². The van der Waals surface area contributed by atoms with Crippen molar-refractivity contribution in [2.24, 2.45) is 0 Å². The number of imide groups is 1. The quantitative estimate of drug-likeness (QED) is 0.628. The van der Waals surface area contributed by atoms with Crippen LogP contribution in [0, 0.1) is 0 Å². The Bertz CT molecular complexity index is 856. The third-order valence-corrected chi connectivity index (χ3v) is 6.69. The van der Waals surface area contributed by atoms with Gasteiger partial charge in [-0.2, -0.15) is 0 Å². The predicted octanol–water partition coefficient (Wildman–Crippen LogP) is 1.30. The zero-order valence-corrected chi connectivity index (χ0v) is 17.6. The van der Waals surface area contributed by atoms with Gasteiger partial charge in [-0.15, -0.1) is 0 Å². The molecule has 0 spiro atoms. The molecule has 162 valence electrons. The number of carbonyl (C=O) groups is 3. The van der Waals surface area contributed by atoms with E-state index in [9.17, 15) is 19.5 Å². The van der Waals surface area contributed by atoms with Crippen molar-refractivity contribution in [3.8, 4) is 0 Å². The number of amides is 3. The Kier molecular flexibility index (Phi) is 5.79. The van der Waals surface area contributed by atoms with E-state index in [-0.39, 0.29) is 24.7 Å². The van der Waals surface area contributed by atoms with Crippen LogP contribution >= 0.6 is 0 Å². The van der Waals surface area contributed by atoms with Gasteiger partial charge in [0.05, 0.1) is 0 Å². The molecule has 0 bridgehead atoms. The average molecular weight is 415 g/mol. The first-order valence-corrected chi connectivity index (χ1v) is 10.9. The van der Waals surface area contributed by atoms with Crippen molar-refractivity contribution in [1.29, 1.82) is 0 Å². The van der Waals surface area contributed by atoms with Gasteiger partial charge in [-0.05, 0) is 44.0 Å². The van der Waals surface area contributed by atoms with Crippen LogP contribution in [-0.2, 0) is 9.59 Å². The Balaban J connectivity index is 1.58. The molecule has 3 aliphatic rings. The molecule has 30 heavy (non-hydrogen) atoms. The molecule has 1 aromatic carbocycles. The monoisotopic (exact) mass is 414 g/mol. The van der Waals surface area contributed by atoms with Crippen LogP contribution in [-0.4, -0.2) is 59.4 Å². The molecular weight excluding hydrogens is 384 g/mol. The minimum atomic E-state index is -1.19. The van der Waals surface area contributed by atoms with E-state index in [1.54, 1.807) is 6.07 Å². The third-order valence-electron chi connectivity index (χ3n) is 6.69. The summed E-state index contributed by atoms with van der Waals surface area (Å²) in [7, 11) is 2.06. The minimum Gasteiger partial charge on any atom is -0.370 e. The Morgan fingerprint density at radius 2 is 1.97 bits per heavy atom. The van der Waals surface area contributed by atoms with Gasteiger partial charge in [-0.25, -0.2) is 0 Å². The fourth-order valence-electron chi connectivity index (χ4n) is 5.10. The number of hydrogen-bond donors (Lipinski definition) is 3. The number of fused-ring (bicyclic) bond motifs is 1. The molecule has 8 nitrogen and oxygen atoms in total. The van der Waals surface area contributed by atoms with E-state index >= 15 is 0 Å². The number of likely N-dealkylation sites (N-methyl/N-ethyl adjacent to an activating group) is 2. The molecule has 2 aliphatic heterocycles. The molecule has 1 saturated carbocycles. The lowest BCUT2D eigenvalue weighted by Crippen LogP contribution is -2.53. The maximum Gasteiger partial charge on any atom is 0.257 e. The number of anilines is 1. The van der Waals surface area contributed by atoms with Gasteiger partial charge in [0.15, 0.2) is 6.23 Å². The van der Waals surface area contributed by atoms with E-state index in [2.05, 4.69) is 29.5 Å². The number of aliphatic hydroxyl groups is 1. The molecule has 4 atom stereocenters. The van der Waals surface area contributed by atoms with Crippen LogP contribution < -0.4 is 15.5 Å². The fourth-order valence-corrected chi connectivity index (χ4v) is 5.10. The third kappa shape index (κ3) is 3.58. The number of nitrogens with one attached hydrogen (secondary N) is 2. The lowest BCUT2D eigenvalue weighted by molar-refractivity contribution is -0.139. The van der Waals surface area contributed by atoms with E-state index in [0.717, 1.165) is 25.1 Å². The maximum atomic E-state index is 12.9. The second-order valence-corrected chi connectivity index (χ2v) is 8.45. The van der Waals surface area contributed by atoms with Crippen LogP contribution in [0.25, 0.3) is 0 Å². The van der Waals surface area contributed by atoms with Crippen LogP contribution in [0.1, 0.15) is 67.6 Å². The van der Waals surface area contributed by atoms with Crippen molar-refractivity contribution in [3.63, 3.8) is 0 Å². The number of benzene rings is 1. The molecule has 1 aliphatic carbocycles. The predicted molar refractivity (Wildman–Crippen MR) is 112 cm³/mol.